The molecule has 1 atom stereocenters. The standard InChI is InChI=1S/C17H26N2O2/c1-3-17(8-5-9-18-13-17)16(20)19-11-14-6-4-7-15(10-14)12-21-2/h4,6-7,10,18H,3,5,8-9,11-13H2,1-2H3,(H,19,20). The average molecular weight is 290 g/mol. The van der Waals surface area contributed by atoms with Gasteiger partial charge in [-0.1, -0.05) is 31.2 Å². The lowest BCUT2D eigenvalue weighted by molar-refractivity contribution is -0.132. The lowest BCUT2D eigenvalue weighted by Gasteiger charge is -2.35. The molecule has 1 saturated heterocycles. The van der Waals surface area contributed by atoms with E-state index in [0.29, 0.717) is 13.2 Å². The number of nitrogens with one attached hydrogen (secondary N) is 2. The Morgan fingerprint density at radius 3 is 2.90 bits per heavy atom. The molecule has 1 fully saturated rings. The number of rotatable bonds is 6. The Morgan fingerprint density at radius 1 is 1.43 bits per heavy atom. The van der Waals surface area contributed by atoms with Crippen LogP contribution in [-0.4, -0.2) is 26.1 Å². The monoisotopic (exact) mass is 290 g/mol. The van der Waals surface area contributed by atoms with Crippen molar-refractivity contribution in [3.63, 3.8) is 0 Å². The normalized spacial score (nSPS) is 22.0. The first-order valence-electron chi connectivity index (χ1n) is 7.76. The summed E-state index contributed by atoms with van der Waals surface area (Å²) in [4.78, 5) is 12.6. The van der Waals surface area contributed by atoms with Gasteiger partial charge in [-0.15, -0.1) is 0 Å². The second-order valence-electron chi connectivity index (χ2n) is 5.85. The van der Waals surface area contributed by atoms with Crippen molar-refractivity contribution < 1.29 is 9.53 Å². The van der Waals surface area contributed by atoms with E-state index in [1.54, 1.807) is 7.11 Å². The number of carbonyl (C=O) groups excluding carboxylic acids is 1. The molecule has 4 heteroatoms. The minimum absolute atomic E-state index is 0.175. The van der Waals surface area contributed by atoms with Crippen LogP contribution in [-0.2, 0) is 22.7 Å². The number of piperidine rings is 1. The molecule has 1 aromatic carbocycles. The predicted molar refractivity (Wildman–Crippen MR) is 83.8 cm³/mol. The van der Waals surface area contributed by atoms with Crippen LogP contribution in [0.4, 0.5) is 0 Å². The van der Waals surface area contributed by atoms with Crippen LogP contribution in [0.15, 0.2) is 24.3 Å². The summed E-state index contributed by atoms with van der Waals surface area (Å²) in [6.07, 6.45) is 2.94. The van der Waals surface area contributed by atoms with Crippen molar-refractivity contribution in [1.29, 1.82) is 0 Å². The molecule has 0 spiro atoms. The number of ether oxygens (including phenoxy) is 1. The maximum atomic E-state index is 12.6. The van der Waals surface area contributed by atoms with Crippen LogP contribution in [0.5, 0.6) is 0 Å². The van der Waals surface area contributed by atoms with Gasteiger partial charge in [0.2, 0.25) is 5.91 Å². The molecular weight excluding hydrogens is 264 g/mol. The molecule has 0 aliphatic carbocycles. The molecule has 1 aliphatic rings. The Kier molecular flexibility index (Phi) is 5.76. The molecule has 2 N–H and O–H groups in total. The minimum atomic E-state index is -0.234. The molecule has 0 aromatic heterocycles. The van der Waals surface area contributed by atoms with E-state index in [1.807, 2.05) is 18.2 Å². The van der Waals surface area contributed by atoms with E-state index in [9.17, 15) is 4.79 Å². The summed E-state index contributed by atoms with van der Waals surface area (Å²) >= 11 is 0. The summed E-state index contributed by atoms with van der Waals surface area (Å²) in [6.45, 7) is 5.10. The first kappa shape index (κ1) is 16.0. The molecule has 1 amide bonds. The summed E-state index contributed by atoms with van der Waals surface area (Å²) in [5.41, 5.74) is 2.02. The highest BCUT2D eigenvalue weighted by Crippen LogP contribution is 2.30. The molecule has 1 heterocycles. The topological polar surface area (TPSA) is 50.4 Å². The summed E-state index contributed by atoms with van der Waals surface area (Å²) in [5.74, 6) is 0.175. The molecule has 0 bridgehead atoms. The Morgan fingerprint density at radius 2 is 2.24 bits per heavy atom. The fourth-order valence-corrected chi connectivity index (χ4v) is 2.99. The van der Waals surface area contributed by atoms with Gasteiger partial charge in [-0.05, 0) is 36.9 Å². The summed E-state index contributed by atoms with van der Waals surface area (Å²) < 4.78 is 5.14. The number of carbonyl (C=O) groups is 1. The van der Waals surface area contributed by atoms with Crippen molar-refractivity contribution in [2.45, 2.75) is 39.3 Å². The summed E-state index contributed by atoms with van der Waals surface area (Å²) in [7, 11) is 1.69. The fraction of sp³-hybridized carbons (Fsp3) is 0.588. The number of hydrogen-bond acceptors (Lipinski definition) is 3. The zero-order chi connectivity index (χ0) is 15.1. The Bertz CT molecular complexity index is 468. The van der Waals surface area contributed by atoms with Gasteiger partial charge in [-0.3, -0.25) is 4.79 Å². The van der Waals surface area contributed by atoms with Crippen LogP contribution < -0.4 is 10.6 Å². The maximum absolute atomic E-state index is 12.6. The number of methoxy groups -OCH3 is 1. The quantitative estimate of drug-likeness (QED) is 0.844. The second kappa shape index (κ2) is 7.57. The number of benzene rings is 1. The van der Waals surface area contributed by atoms with Crippen LogP contribution in [0, 0.1) is 5.41 Å². The highest BCUT2D eigenvalue weighted by molar-refractivity contribution is 5.83. The van der Waals surface area contributed by atoms with Crippen LogP contribution in [0.25, 0.3) is 0 Å². The van der Waals surface area contributed by atoms with E-state index < -0.39 is 0 Å². The van der Waals surface area contributed by atoms with Gasteiger partial charge in [0.25, 0.3) is 0 Å². The van der Waals surface area contributed by atoms with Crippen molar-refractivity contribution in [2.24, 2.45) is 5.41 Å². The van der Waals surface area contributed by atoms with E-state index >= 15 is 0 Å². The minimum Gasteiger partial charge on any atom is -0.380 e. The number of hydrogen-bond donors (Lipinski definition) is 2. The third-order valence-corrected chi connectivity index (χ3v) is 4.39. The fourth-order valence-electron chi connectivity index (χ4n) is 2.99. The molecule has 1 aliphatic heterocycles. The molecule has 116 valence electrons. The Hall–Kier alpha value is -1.39. The van der Waals surface area contributed by atoms with Crippen LogP contribution in [0.1, 0.15) is 37.3 Å². The number of amides is 1. The van der Waals surface area contributed by atoms with Gasteiger partial charge in [0.05, 0.1) is 12.0 Å². The second-order valence-corrected chi connectivity index (χ2v) is 5.85. The molecule has 4 nitrogen and oxygen atoms in total. The third kappa shape index (κ3) is 4.05. The van der Waals surface area contributed by atoms with Crippen molar-refractivity contribution >= 4 is 5.91 Å². The van der Waals surface area contributed by atoms with Gasteiger partial charge in [-0.2, -0.15) is 0 Å². The Labute approximate surface area is 127 Å². The predicted octanol–water partition coefficient (Wildman–Crippen LogP) is 2.23. The van der Waals surface area contributed by atoms with Crippen molar-refractivity contribution in [3.05, 3.63) is 35.4 Å². The third-order valence-electron chi connectivity index (χ3n) is 4.39. The molecule has 0 saturated carbocycles. The van der Waals surface area contributed by atoms with E-state index in [-0.39, 0.29) is 11.3 Å². The van der Waals surface area contributed by atoms with Crippen molar-refractivity contribution in [2.75, 3.05) is 20.2 Å². The Balaban J connectivity index is 1.95. The zero-order valence-electron chi connectivity index (χ0n) is 13.1. The molecule has 21 heavy (non-hydrogen) atoms. The van der Waals surface area contributed by atoms with E-state index in [4.69, 9.17) is 4.74 Å². The van der Waals surface area contributed by atoms with Crippen LogP contribution >= 0.6 is 0 Å². The van der Waals surface area contributed by atoms with Crippen molar-refractivity contribution in [3.8, 4) is 0 Å². The molecule has 2 rings (SSSR count). The van der Waals surface area contributed by atoms with Gasteiger partial charge >= 0.3 is 0 Å². The summed E-state index contributed by atoms with van der Waals surface area (Å²) in [5, 5.41) is 6.46. The van der Waals surface area contributed by atoms with Crippen LogP contribution in [0.2, 0.25) is 0 Å². The molecule has 1 aromatic rings. The zero-order valence-corrected chi connectivity index (χ0v) is 13.1. The van der Waals surface area contributed by atoms with Gasteiger partial charge in [0.1, 0.15) is 0 Å². The average Bonchev–Trinajstić information content (AvgIpc) is 2.54. The lowest BCUT2D eigenvalue weighted by atomic mass is 9.77. The van der Waals surface area contributed by atoms with E-state index in [1.165, 1.54) is 0 Å². The first-order chi connectivity index (χ1) is 10.2. The van der Waals surface area contributed by atoms with E-state index in [0.717, 1.165) is 43.5 Å². The van der Waals surface area contributed by atoms with E-state index in [2.05, 4.69) is 23.6 Å². The maximum Gasteiger partial charge on any atom is 0.227 e. The molecule has 1 unspecified atom stereocenters. The van der Waals surface area contributed by atoms with Crippen LogP contribution in [0.3, 0.4) is 0 Å². The lowest BCUT2D eigenvalue weighted by Crippen LogP contribution is -2.50. The van der Waals surface area contributed by atoms with Crippen molar-refractivity contribution in [1.82, 2.24) is 10.6 Å². The highest BCUT2D eigenvalue weighted by Gasteiger charge is 2.37. The van der Waals surface area contributed by atoms with Gasteiger partial charge < -0.3 is 15.4 Å². The smallest absolute Gasteiger partial charge is 0.227 e. The molecular formula is C17H26N2O2. The largest absolute Gasteiger partial charge is 0.380 e. The van der Waals surface area contributed by atoms with Gasteiger partial charge in [0.15, 0.2) is 0 Å². The highest BCUT2D eigenvalue weighted by atomic mass is 16.5. The summed E-state index contributed by atoms with van der Waals surface area (Å²) in [6, 6.07) is 8.17. The molecule has 0 radical (unpaired) electrons. The van der Waals surface area contributed by atoms with Gasteiger partial charge in [-0.25, -0.2) is 0 Å². The first-order valence-corrected chi connectivity index (χ1v) is 7.76. The SMILES string of the molecule is CCC1(C(=O)NCc2cccc(COC)c2)CCCNC1. The van der Waals surface area contributed by atoms with Gasteiger partial charge in [0, 0.05) is 20.2 Å².